The van der Waals surface area contributed by atoms with Gasteiger partial charge in [-0.05, 0) is 6.07 Å². The highest BCUT2D eigenvalue weighted by Crippen LogP contribution is 2.12. The van der Waals surface area contributed by atoms with Crippen molar-refractivity contribution in [3.05, 3.63) is 24.6 Å². The van der Waals surface area contributed by atoms with Gasteiger partial charge in [-0.1, -0.05) is 19.0 Å². The minimum atomic E-state index is 0.769. The van der Waals surface area contributed by atoms with E-state index in [-0.39, 0.29) is 0 Å². The van der Waals surface area contributed by atoms with Crippen molar-refractivity contribution >= 4 is 0 Å². The molecule has 70 valence electrons. The number of nitrogens with zero attached hydrogens (tertiary/aromatic N) is 3. The first-order valence-electron chi connectivity index (χ1n) is 4.26. The fourth-order valence-corrected chi connectivity index (χ4v) is 0.896. The quantitative estimate of drug-likeness (QED) is 0.673. The Bertz CT molecular complexity index is 337. The van der Waals surface area contributed by atoms with Crippen LogP contribution in [0.25, 0.3) is 11.4 Å². The lowest BCUT2D eigenvalue weighted by Gasteiger charge is -1.84. The van der Waals surface area contributed by atoms with E-state index in [1.165, 1.54) is 6.26 Å². The molecule has 0 aromatic carbocycles. The summed E-state index contributed by atoms with van der Waals surface area (Å²) in [5, 5.41) is 7.90. The van der Waals surface area contributed by atoms with E-state index in [9.17, 15) is 0 Å². The summed E-state index contributed by atoms with van der Waals surface area (Å²) in [5.74, 6) is 0. The van der Waals surface area contributed by atoms with Gasteiger partial charge in [0, 0.05) is 19.3 Å². The molecule has 0 fully saturated rings. The molecular weight excluding hydrogens is 166 g/mol. The molecule has 0 aliphatic carbocycles. The monoisotopic (exact) mass is 179 g/mol. The molecule has 0 saturated heterocycles. The van der Waals surface area contributed by atoms with Gasteiger partial charge in [0.2, 0.25) is 0 Å². The minimum Gasteiger partial charge on any atom is -0.364 e. The average Bonchev–Trinajstić information content (AvgIpc) is 2.77. The molecule has 4 heteroatoms. The summed E-state index contributed by atoms with van der Waals surface area (Å²) in [7, 11) is 1.86. The normalized spacial score (nSPS) is 9.15. The van der Waals surface area contributed by atoms with E-state index in [1.807, 2.05) is 33.2 Å². The molecule has 0 radical (unpaired) electrons. The van der Waals surface area contributed by atoms with Crippen LogP contribution in [0, 0.1) is 0 Å². The molecule has 4 nitrogen and oxygen atoms in total. The van der Waals surface area contributed by atoms with Crippen LogP contribution in [0.1, 0.15) is 13.8 Å². The first-order chi connectivity index (χ1) is 6.36. The molecule has 0 spiro atoms. The van der Waals surface area contributed by atoms with Crippen LogP contribution in [0.5, 0.6) is 0 Å². The van der Waals surface area contributed by atoms with Crippen molar-refractivity contribution < 1.29 is 4.52 Å². The Labute approximate surface area is 77.2 Å². The van der Waals surface area contributed by atoms with Crippen LogP contribution >= 0.6 is 0 Å². The van der Waals surface area contributed by atoms with E-state index in [0.717, 1.165) is 11.4 Å². The minimum absolute atomic E-state index is 0.769. The predicted molar refractivity (Wildman–Crippen MR) is 50.1 cm³/mol. The average molecular weight is 179 g/mol. The van der Waals surface area contributed by atoms with Gasteiger partial charge in [0.25, 0.3) is 0 Å². The zero-order valence-corrected chi connectivity index (χ0v) is 8.06. The van der Waals surface area contributed by atoms with Crippen LogP contribution in [-0.2, 0) is 7.05 Å². The summed E-state index contributed by atoms with van der Waals surface area (Å²) < 4.78 is 6.41. The molecule has 0 N–H and O–H groups in total. The first-order valence-corrected chi connectivity index (χ1v) is 4.26. The van der Waals surface area contributed by atoms with Gasteiger partial charge >= 0.3 is 0 Å². The SMILES string of the molecule is CC.Cn1ccc(-c2ccon2)n1. The molecule has 13 heavy (non-hydrogen) atoms. The summed E-state index contributed by atoms with van der Waals surface area (Å²) in [6, 6.07) is 3.67. The second-order valence-electron chi connectivity index (χ2n) is 2.26. The Morgan fingerprint density at radius 1 is 1.23 bits per heavy atom. The number of aryl methyl sites for hydroxylation is 1. The van der Waals surface area contributed by atoms with Gasteiger partial charge < -0.3 is 4.52 Å². The molecule has 0 bridgehead atoms. The lowest BCUT2D eigenvalue weighted by atomic mass is 10.3. The van der Waals surface area contributed by atoms with Gasteiger partial charge in [-0.25, -0.2) is 0 Å². The molecule has 0 aliphatic heterocycles. The Morgan fingerprint density at radius 3 is 2.46 bits per heavy atom. The maximum Gasteiger partial charge on any atom is 0.134 e. The van der Waals surface area contributed by atoms with E-state index in [2.05, 4.69) is 14.8 Å². The third-order valence-corrected chi connectivity index (χ3v) is 1.41. The Hall–Kier alpha value is -1.58. The smallest absolute Gasteiger partial charge is 0.134 e. The van der Waals surface area contributed by atoms with Crippen LogP contribution in [0.3, 0.4) is 0 Å². The zero-order valence-electron chi connectivity index (χ0n) is 8.06. The third-order valence-electron chi connectivity index (χ3n) is 1.41. The van der Waals surface area contributed by atoms with Gasteiger partial charge in [0.15, 0.2) is 0 Å². The summed E-state index contributed by atoms with van der Waals surface area (Å²) in [5.41, 5.74) is 1.60. The summed E-state index contributed by atoms with van der Waals surface area (Å²) in [4.78, 5) is 0. The highest BCUT2D eigenvalue weighted by Gasteiger charge is 2.02. The molecule has 2 heterocycles. The first kappa shape index (κ1) is 9.51. The molecule has 0 amide bonds. The number of rotatable bonds is 1. The molecule has 0 aliphatic rings. The van der Waals surface area contributed by atoms with E-state index in [0.29, 0.717) is 0 Å². The van der Waals surface area contributed by atoms with Gasteiger partial charge in [-0.3, -0.25) is 4.68 Å². The molecule has 2 rings (SSSR count). The second kappa shape index (κ2) is 4.45. The lowest BCUT2D eigenvalue weighted by Crippen LogP contribution is -1.87. The Balaban J connectivity index is 0.000000396. The zero-order chi connectivity index (χ0) is 9.68. The molecular formula is C9H13N3O. The standard InChI is InChI=1S/C7H7N3O.C2H6/c1-10-4-2-6(8-10)7-3-5-11-9-7;1-2/h2-5H,1H3;1-2H3. The molecule has 0 unspecified atom stereocenters. The fourth-order valence-electron chi connectivity index (χ4n) is 0.896. The van der Waals surface area contributed by atoms with Crippen molar-refractivity contribution in [3.63, 3.8) is 0 Å². The van der Waals surface area contributed by atoms with Crippen molar-refractivity contribution in [2.45, 2.75) is 13.8 Å². The van der Waals surface area contributed by atoms with Gasteiger partial charge in [0.05, 0.1) is 0 Å². The largest absolute Gasteiger partial charge is 0.364 e. The number of hydrogen-bond donors (Lipinski definition) is 0. The second-order valence-corrected chi connectivity index (χ2v) is 2.26. The highest BCUT2D eigenvalue weighted by molar-refractivity contribution is 5.51. The molecule has 2 aromatic rings. The van der Waals surface area contributed by atoms with Crippen LogP contribution in [0.2, 0.25) is 0 Å². The van der Waals surface area contributed by atoms with Crippen molar-refractivity contribution in [3.8, 4) is 11.4 Å². The summed E-state index contributed by atoms with van der Waals surface area (Å²) in [6.07, 6.45) is 3.40. The Morgan fingerprint density at radius 2 is 2.00 bits per heavy atom. The van der Waals surface area contributed by atoms with Crippen LogP contribution in [0.15, 0.2) is 29.1 Å². The van der Waals surface area contributed by atoms with Crippen LogP contribution in [-0.4, -0.2) is 14.9 Å². The highest BCUT2D eigenvalue weighted by atomic mass is 16.5. The number of aromatic nitrogens is 3. The van der Waals surface area contributed by atoms with E-state index < -0.39 is 0 Å². The van der Waals surface area contributed by atoms with E-state index >= 15 is 0 Å². The lowest BCUT2D eigenvalue weighted by molar-refractivity contribution is 0.422. The van der Waals surface area contributed by atoms with Gasteiger partial charge in [-0.15, -0.1) is 0 Å². The molecule has 0 saturated carbocycles. The Kier molecular flexibility index (Phi) is 3.25. The van der Waals surface area contributed by atoms with Gasteiger partial charge in [0.1, 0.15) is 17.7 Å². The van der Waals surface area contributed by atoms with Crippen LogP contribution in [0.4, 0.5) is 0 Å². The van der Waals surface area contributed by atoms with Crippen molar-refractivity contribution in [1.82, 2.24) is 14.9 Å². The number of hydrogen-bond acceptors (Lipinski definition) is 3. The maximum atomic E-state index is 4.68. The van der Waals surface area contributed by atoms with Crippen molar-refractivity contribution in [2.75, 3.05) is 0 Å². The summed E-state index contributed by atoms with van der Waals surface area (Å²) in [6.45, 7) is 4.00. The van der Waals surface area contributed by atoms with E-state index in [1.54, 1.807) is 10.7 Å². The van der Waals surface area contributed by atoms with Gasteiger partial charge in [-0.2, -0.15) is 5.10 Å². The van der Waals surface area contributed by atoms with Crippen LogP contribution < -0.4 is 0 Å². The van der Waals surface area contributed by atoms with Crippen molar-refractivity contribution in [2.24, 2.45) is 7.05 Å². The molecule has 2 aromatic heterocycles. The molecule has 0 atom stereocenters. The topological polar surface area (TPSA) is 43.9 Å². The van der Waals surface area contributed by atoms with Crippen molar-refractivity contribution in [1.29, 1.82) is 0 Å². The fraction of sp³-hybridized carbons (Fsp3) is 0.333. The maximum absolute atomic E-state index is 4.68. The summed E-state index contributed by atoms with van der Waals surface area (Å²) >= 11 is 0. The third kappa shape index (κ3) is 2.18. The predicted octanol–water partition coefficient (Wildman–Crippen LogP) is 2.10. The van der Waals surface area contributed by atoms with E-state index in [4.69, 9.17) is 0 Å².